The van der Waals surface area contributed by atoms with Gasteiger partial charge in [0.15, 0.2) is 0 Å². The van der Waals surface area contributed by atoms with Crippen LogP contribution in [0.4, 0.5) is 0 Å². The van der Waals surface area contributed by atoms with E-state index in [0.29, 0.717) is 10.8 Å². The summed E-state index contributed by atoms with van der Waals surface area (Å²) >= 11 is 0. The highest BCUT2D eigenvalue weighted by Crippen LogP contribution is 2.73. The summed E-state index contributed by atoms with van der Waals surface area (Å²) in [7, 11) is 1.92. The second-order valence-corrected chi connectivity index (χ2v) is 7.86. The molecule has 3 rings (SSSR count). The van der Waals surface area contributed by atoms with Crippen LogP contribution in [0.15, 0.2) is 0 Å². The van der Waals surface area contributed by atoms with Gasteiger partial charge in [-0.05, 0) is 67.6 Å². The molecule has 1 nitrogen and oxygen atoms in total. The van der Waals surface area contributed by atoms with Crippen LogP contribution in [0, 0.1) is 28.6 Å². The van der Waals surface area contributed by atoms with Gasteiger partial charge in [-0.3, -0.25) is 0 Å². The van der Waals surface area contributed by atoms with E-state index >= 15 is 0 Å². The highest BCUT2D eigenvalue weighted by Gasteiger charge is 2.68. The minimum atomic E-state index is 0.138. The van der Waals surface area contributed by atoms with Crippen LogP contribution in [0.3, 0.4) is 0 Å². The topological polar surface area (TPSA) is 9.23 Å². The molecule has 3 aliphatic rings. The Morgan fingerprint density at radius 2 is 1.71 bits per heavy atom. The standard InChI is InChI=1S/C16H28O/c1-11-6-7-12-14(2,3)13-10-16(11,12)9-8-15(13,4)17-5/h11-13H,6-10H2,1-5H3/t11-,12-,13+,15-,16-/m1/s1. The van der Waals surface area contributed by atoms with Crippen molar-refractivity contribution in [2.24, 2.45) is 28.6 Å². The summed E-state index contributed by atoms with van der Waals surface area (Å²) in [6.07, 6.45) is 7.03. The van der Waals surface area contributed by atoms with Gasteiger partial charge in [-0.1, -0.05) is 20.8 Å². The van der Waals surface area contributed by atoms with Crippen LogP contribution in [0.25, 0.3) is 0 Å². The van der Waals surface area contributed by atoms with E-state index in [9.17, 15) is 0 Å². The van der Waals surface area contributed by atoms with Crippen LogP contribution < -0.4 is 0 Å². The van der Waals surface area contributed by atoms with Crippen LogP contribution in [0.2, 0.25) is 0 Å². The van der Waals surface area contributed by atoms with Crippen LogP contribution in [0.1, 0.15) is 59.8 Å². The van der Waals surface area contributed by atoms with Crippen molar-refractivity contribution in [2.45, 2.75) is 65.4 Å². The summed E-state index contributed by atoms with van der Waals surface area (Å²) in [4.78, 5) is 0. The Bertz CT molecular complexity index is 334. The van der Waals surface area contributed by atoms with Crippen molar-refractivity contribution in [1.82, 2.24) is 0 Å². The molecule has 3 saturated carbocycles. The fourth-order valence-corrected chi connectivity index (χ4v) is 6.10. The van der Waals surface area contributed by atoms with Crippen LogP contribution in [0.5, 0.6) is 0 Å². The van der Waals surface area contributed by atoms with E-state index in [4.69, 9.17) is 4.74 Å². The fraction of sp³-hybridized carbons (Fsp3) is 1.00. The first kappa shape index (κ1) is 12.0. The van der Waals surface area contributed by atoms with Crippen molar-refractivity contribution >= 4 is 0 Å². The first-order valence-corrected chi connectivity index (χ1v) is 7.42. The Balaban J connectivity index is 2.04. The van der Waals surface area contributed by atoms with Crippen molar-refractivity contribution in [3.05, 3.63) is 0 Å². The minimum absolute atomic E-state index is 0.138. The largest absolute Gasteiger partial charge is 0.378 e. The van der Waals surface area contributed by atoms with Gasteiger partial charge in [-0.25, -0.2) is 0 Å². The molecule has 3 fully saturated rings. The second kappa shape index (κ2) is 3.29. The number of rotatable bonds is 1. The highest BCUT2D eigenvalue weighted by molar-refractivity contribution is 5.17. The van der Waals surface area contributed by atoms with Crippen molar-refractivity contribution in [3.63, 3.8) is 0 Å². The Kier molecular flexibility index (Phi) is 2.32. The molecule has 5 atom stereocenters. The quantitative estimate of drug-likeness (QED) is 0.661. The zero-order chi connectivity index (χ0) is 12.5. The third kappa shape index (κ3) is 1.25. The van der Waals surface area contributed by atoms with Crippen LogP contribution >= 0.6 is 0 Å². The zero-order valence-corrected chi connectivity index (χ0v) is 12.2. The average Bonchev–Trinajstić information content (AvgIpc) is 2.70. The molecule has 0 radical (unpaired) electrons. The molecule has 0 saturated heterocycles. The summed E-state index contributed by atoms with van der Waals surface area (Å²) in [6.45, 7) is 9.90. The average molecular weight is 236 g/mol. The normalized spacial score (nSPS) is 55.9. The van der Waals surface area contributed by atoms with Gasteiger partial charge in [-0.15, -0.1) is 0 Å². The fourth-order valence-electron chi connectivity index (χ4n) is 6.10. The van der Waals surface area contributed by atoms with E-state index in [1.165, 1.54) is 32.1 Å². The number of hydrogen-bond donors (Lipinski definition) is 0. The van der Waals surface area contributed by atoms with Crippen molar-refractivity contribution in [1.29, 1.82) is 0 Å². The molecule has 0 unspecified atom stereocenters. The summed E-state index contributed by atoms with van der Waals surface area (Å²) in [6, 6.07) is 0. The van der Waals surface area contributed by atoms with E-state index in [-0.39, 0.29) is 5.60 Å². The number of hydrogen-bond acceptors (Lipinski definition) is 1. The van der Waals surface area contributed by atoms with Gasteiger partial charge in [0.25, 0.3) is 0 Å². The molecule has 98 valence electrons. The van der Waals surface area contributed by atoms with E-state index < -0.39 is 0 Å². The highest BCUT2D eigenvalue weighted by atomic mass is 16.5. The number of ether oxygens (including phenoxy) is 1. The molecule has 0 heterocycles. The van der Waals surface area contributed by atoms with E-state index in [1.54, 1.807) is 0 Å². The zero-order valence-electron chi connectivity index (χ0n) is 12.2. The summed E-state index contributed by atoms with van der Waals surface area (Å²) in [5, 5.41) is 0. The number of methoxy groups -OCH3 is 1. The van der Waals surface area contributed by atoms with E-state index in [1.807, 2.05) is 7.11 Å². The van der Waals surface area contributed by atoms with Crippen molar-refractivity contribution in [2.75, 3.05) is 7.11 Å². The van der Waals surface area contributed by atoms with Crippen molar-refractivity contribution < 1.29 is 4.74 Å². The molecule has 0 N–H and O–H groups in total. The van der Waals surface area contributed by atoms with Gasteiger partial charge in [0.05, 0.1) is 5.60 Å². The molecular formula is C16H28O. The molecule has 1 spiro atoms. The third-order valence-electron chi connectivity index (χ3n) is 7.23. The predicted octanol–water partition coefficient (Wildman–Crippen LogP) is 4.26. The van der Waals surface area contributed by atoms with Gasteiger partial charge in [0.1, 0.15) is 0 Å². The summed E-state index contributed by atoms with van der Waals surface area (Å²) < 4.78 is 5.94. The lowest BCUT2D eigenvalue weighted by Gasteiger charge is -2.46. The molecule has 0 aliphatic heterocycles. The predicted molar refractivity (Wildman–Crippen MR) is 70.9 cm³/mol. The Labute approximate surface area is 106 Å². The lowest BCUT2D eigenvalue weighted by Crippen LogP contribution is -2.45. The second-order valence-electron chi connectivity index (χ2n) is 7.86. The lowest BCUT2D eigenvalue weighted by atomic mass is 9.64. The molecule has 0 aromatic heterocycles. The van der Waals surface area contributed by atoms with Gasteiger partial charge < -0.3 is 4.74 Å². The van der Waals surface area contributed by atoms with Gasteiger partial charge in [0, 0.05) is 7.11 Å². The van der Waals surface area contributed by atoms with E-state index in [0.717, 1.165) is 17.8 Å². The lowest BCUT2D eigenvalue weighted by molar-refractivity contribution is -0.100. The van der Waals surface area contributed by atoms with Crippen LogP contribution in [-0.4, -0.2) is 12.7 Å². The Morgan fingerprint density at radius 3 is 2.35 bits per heavy atom. The van der Waals surface area contributed by atoms with E-state index in [2.05, 4.69) is 27.7 Å². The maximum Gasteiger partial charge on any atom is 0.0684 e. The SMILES string of the molecule is CO[C@]1(C)CC[C@]23C[C@H]1C(C)(C)[C@H]2CC[C@H]3C. The molecule has 3 aliphatic carbocycles. The van der Waals surface area contributed by atoms with Gasteiger partial charge >= 0.3 is 0 Å². The maximum absolute atomic E-state index is 5.94. The third-order valence-corrected chi connectivity index (χ3v) is 7.23. The maximum atomic E-state index is 5.94. The Morgan fingerprint density at radius 1 is 1.00 bits per heavy atom. The number of fused-ring (bicyclic) bond motifs is 1. The monoisotopic (exact) mass is 236 g/mol. The van der Waals surface area contributed by atoms with Gasteiger partial charge in [-0.2, -0.15) is 0 Å². The minimum Gasteiger partial charge on any atom is -0.378 e. The molecule has 2 bridgehead atoms. The molecule has 0 aromatic rings. The first-order valence-electron chi connectivity index (χ1n) is 7.42. The van der Waals surface area contributed by atoms with Gasteiger partial charge in [0.2, 0.25) is 0 Å². The van der Waals surface area contributed by atoms with Crippen molar-refractivity contribution in [3.8, 4) is 0 Å². The molecular weight excluding hydrogens is 208 g/mol. The smallest absolute Gasteiger partial charge is 0.0684 e. The Hall–Kier alpha value is -0.0400. The summed E-state index contributed by atoms with van der Waals surface area (Å²) in [5.74, 6) is 2.66. The molecule has 1 heteroatoms. The first-order chi connectivity index (χ1) is 7.87. The molecule has 0 aromatic carbocycles. The summed E-state index contributed by atoms with van der Waals surface area (Å²) in [5.41, 5.74) is 1.29. The van der Waals surface area contributed by atoms with Crippen LogP contribution in [-0.2, 0) is 4.74 Å². The molecule has 17 heavy (non-hydrogen) atoms. The molecule has 0 amide bonds.